The summed E-state index contributed by atoms with van der Waals surface area (Å²) in [5.74, 6) is 0.629. The number of amides is 1. The zero-order chi connectivity index (χ0) is 17.0. The van der Waals surface area contributed by atoms with Crippen LogP contribution in [0.15, 0.2) is 24.3 Å². The van der Waals surface area contributed by atoms with Crippen LogP contribution in [0.2, 0.25) is 0 Å². The maximum absolute atomic E-state index is 11.8. The minimum Gasteiger partial charge on any atom is -0.382 e. The maximum Gasteiger partial charge on any atom is 0.238 e. The van der Waals surface area contributed by atoms with Gasteiger partial charge in [0.15, 0.2) is 0 Å². The molecule has 1 aromatic carbocycles. The maximum atomic E-state index is 11.8. The molecule has 5 heteroatoms. The van der Waals surface area contributed by atoms with E-state index in [9.17, 15) is 4.79 Å². The fourth-order valence-corrected chi connectivity index (χ4v) is 3.09. The predicted octanol–water partition coefficient (Wildman–Crippen LogP) is 2.33. The number of likely N-dealkylation sites (tertiary alicyclic amines) is 1. The van der Waals surface area contributed by atoms with Crippen molar-refractivity contribution in [3.63, 3.8) is 0 Å². The van der Waals surface area contributed by atoms with E-state index in [1.807, 2.05) is 43.3 Å². The summed E-state index contributed by atoms with van der Waals surface area (Å²) in [6.07, 6.45) is 1.15. The number of carbonyl (C=O) groups is 1. The van der Waals surface area contributed by atoms with Crippen molar-refractivity contribution < 1.29 is 4.79 Å². The van der Waals surface area contributed by atoms with E-state index in [4.69, 9.17) is 0 Å². The minimum atomic E-state index is 0.00785. The van der Waals surface area contributed by atoms with Crippen LogP contribution >= 0.6 is 0 Å². The van der Waals surface area contributed by atoms with Crippen LogP contribution in [0.4, 0.5) is 11.4 Å². The smallest absolute Gasteiger partial charge is 0.238 e. The van der Waals surface area contributed by atoms with E-state index >= 15 is 0 Å². The summed E-state index contributed by atoms with van der Waals surface area (Å²) < 4.78 is 0. The summed E-state index contributed by atoms with van der Waals surface area (Å²) >= 11 is 0. The first-order valence-electron chi connectivity index (χ1n) is 8.36. The topological polar surface area (TPSA) is 47.6 Å². The largest absolute Gasteiger partial charge is 0.382 e. The normalized spacial score (nSPS) is 25.4. The second kappa shape index (κ2) is 7.79. The minimum absolute atomic E-state index is 0.00785. The van der Waals surface area contributed by atoms with Crippen molar-refractivity contribution in [2.24, 2.45) is 5.92 Å². The van der Waals surface area contributed by atoms with Crippen molar-refractivity contribution >= 4 is 17.3 Å². The van der Waals surface area contributed by atoms with E-state index < -0.39 is 0 Å². The standard InChI is InChI=1S/C18H30N4O/c1-13-11-22(5)14(2)10-17(13)19-15-6-8-16(9-7-15)20-18(23)12-21(3)4/h6-9,13-14,17,19H,10-12H2,1-5H3,(H,20,23). The molecule has 1 fully saturated rings. The summed E-state index contributed by atoms with van der Waals surface area (Å²) in [6.45, 7) is 6.10. The van der Waals surface area contributed by atoms with Gasteiger partial charge < -0.3 is 20.4 Å². The van der Waals surface area contributed by atoms with Gasteiger partial charge >= 0.3 is 0 Å². The highest BCUT2D eigenvalue weighted by atomic mass is 16.2. The molecule has 23 heavy (non-hydrogen) atoms. The van der Waals surface area contributed by atoms with Crippen molar-refractivity contribution in [2.45, 2.75) is 32.4 Å². The number of anilines is 2. The van der Waals surface area contributed by atoms with Gasteiger partial charge in [-0.1, -0.05) is 6.92 Å². The lowest BCUT2D eigenvalue weighted by atomic mass is 9.89. The van der Waals surface area contributed by atoms with Gasteiger partial charge in [0.25, 0.3) is 0 Å². The highest BCUT2D eigenvalue weighted by molar-refractivity contribution is 5.92. The van der Waals surface area contributed by atoms with Crippen molar-refractivity contribution in [3.05, 3.63) is 24.3 Å². The molecule has 1 aliphatic heterocycles. The Hall–Kier alpha value is -1.59. The molecule has 1 amide bonds. The number of nitrogens with zero attached hydrogens (tertiary/aromatic N) is 2. The Morgan fingerprint density at radius 2 is 1.83 bits per heavy atom. The molecule has 5 nitrogen and oxygen atoms in total. The third kappa shape index (κ3) is 5.22. The lowest BCUT2D eigenvalue weighted by Gasteiger charge is -2.40. The first-order valence-corrected chi connectivity index (χ1v) is 8.36. The molecule has 1 saturated heterocycles. The molecule has 3 unspecified atom stereocenters. The molecule has 2 rings (SSSR count). The van der Waals surface area contributed by atoms with Gasteiger partial charge in [-0.3, -0.25) is 4.79 Å². The van der Waals surface area contributed by atoms with Gasteiger partial charge in [-0.15, -0.1) is 0 Å². The highest BCUT2D eigenvalue weighted by Crippen LogP contribution is 2.25. The molecule has 2 N–H and O–H groups in total. The number of likely N-dealkylation sites (N-methyl/N-ethyl adjacent to an activating group) is 1. The highest BCUT2D eigenvalue weighted by Gasteiger charge is 2.28. The van der Waals surface area contributed by atoms with Crippen molar-refractivity contribution in [1.82, 2.24) is 9.80 Å². The molecule has 0 radical (unpaired) electrons. The van der Waals surface area contributed by atoms with Crippen molar-refractivity contribution in [2.75, 3.05) is 44.9 Å². The Morgan fingerprint density at radius 3 is 2.43 bits per heavy atom. The molecule has 0 saturated carbocycles. The Labute approximate surface area is 140 Å². The molecular weight excluding hydrogens is 288 g/mol. The second-order valence-electron chi connectivity index (χ2n) is 7.12. The average Bonchev–Trinajstić information content (AvgIpc) is 2.46. The molecule has 1 heterocycles. The van der Waals surface area contributed by atoms with Crippen molar-refractivity contribution in [3.8, 4) is 0 Å². The number of rotatable bonds is 5. The first-order chi connectivity index (χ1) is 10.8. The molecular formula is C18H30N4O. The lowest BCUT2D eigenvalue weighted by Crippen LogP contribution is -2.48. The van der Waals surface area contributed by atoms with Crippen LogP contribution < -0.4 is 10.6 Å². The van der Waals surface area contributed by atoms with Gasteiger partial charge in [-0.2, -0.15) is 0 Å². The van der Waals surface area contributed by atoms with E-state index in [1.165, 1.54) is 0 Å². The number of hydrogen-bond donors (Lipinski definition) is 2. The van der Waals surface area contributed by atoms with E-state index in [1.54, 1.807) is 0 Å². The number of piperidine rings is 1. The first kappa shape index (κ1) is 17.8. The van der Waals surface area contributed by atoms with Gasteiger partial charge in [-0.05, 0) is 64.7 Å². The average molecular weight is 318 g/mol. The molecule has 0 spiro atoms. The van der Waals surface area contributed by atoms with Crippen LogP contribution in [-0.4, -0.2) is 62.0 Å². The van der Waals surface area contributed by atoms with Gasteiger partial charge in [-0.25, -0.2) is 0 Å². The second-order valence-corrected chi connectivity index (χ2v) is 7.12. The Morgan fingerprint density at radius 1 is 1.22 bits per heavy atom. The fourth-order valence-electron chi connectivity index (χ4n) is 3.09. The summed E-state index contributed by atoms with van der Waals surface area (Å²) in [7, 11) is 5.97. The Kier molecular flexibility index (Phi) is 6.02. The Balaban J connectivity index is 1.91. The Bertz CT molecular complexity index is 514. The molecule has 3 atom stereocenters. The van der Waals surface area contributed by atoms with Gasteiger partial charge in [0.05, 0.1) is 6.54 Å². The van der Waals surface area contributed by atoms with Crippen LogP contribution in [0.25, 0.3) is 0 Å². The third-order valence-corrected chi connectivity index (χ3v) is 4.59. The fraction of sp³-hybridized carbons (Fsp3) is 0.611. The van der Waals surface area contributed by atoms with E-state index in [-0.39, 0.29) is 5.91 Å². The quantitative estimate of drug-likeness (QED) is 0.875. The van der Waals surface area contributed by atoms with Crippen LogP contribution in [0.1, 0.15) is 20.3 Å². The van der Waals surface area contributed by atoms with E-state index in [0.717, 1.165) is 24.3 Å². The number of carbonyl (C=O) groups excluding carboxylic acids is 1. The van der Waals surface area contributed by atoms with Crippen LogP contribution in [0.5, 0.6) is 0 Å². The summed E-state index contributed by atoms with van der Waals surface area (Å²) in [6, 6.07) is 9.10. The molecule has 1 aromatic rings. The lowest BCUT2D eigenvalue weighted by molar-refractivity contribution is -0.116. The predicted molar refractivity (Wildman–Crippen MR) is 96.9 cm³/mol. The number of hydrogen-bond acceptors (Lipinski definition) is 4. The summed E-state index contributed by atoms with van der Waals surface area (Å²) in [5, 5.41) is 6.56. The van der Waals surface area contributed by atoms with Gasteiger partial charge in [0.2, 0.25) is 5.91 Å². The number of nitrogens with one attached hydrogen (secondary N) is 2. The van der Waals surface area contributed by atoms with Gasteiger partial charge in [0.1, 0.15) is 0 Å². The molecule has 0 bridgehead atoms. The van der Waals surface area contributed by atoms with E-state index in [0.29, 0.717) is 24.5 Å². The van der Waals surface area contributed by atoms with Crippen molar-refractivity contribution in [1.29, 1.82) is 0 Å². The molecule has 0 aromatic heterocycles. The zero-order valence-electron chi connectivity index (χ0n) is 15.0. The summed E-state index contributed by atoms with van der Waals surface area (Å²) in [4.78, 5) is 16.0. The molecule has 1 aliphatic rings. The monoisotopic (exact) mass is 318 g/mol. The summed E-state index contributed by atoms with van der Waals surface area (Å²) in [5.41, 5.74) is 1.96. The van der Waals surface area contributed by atoms with Crippen LogP contribution in [0.3, 0.4) is 0 Å². The zero-order valence-corrected chi connectivity index (χ0v) is 15.0. The van der Waals surface area contributed by atoms with E-state index in [2.05, 4.69) is 36.4 Å². The van der Waals surface area contributed by atoms with Crippen LogP contribution in [0, 0.1) is 5.92 Å². The molecule has 0 aliphatic carbocycles. The van der Waals surface area contributed by atoms with Crippen LogP contribution in [-0.2, 0) is 4.79 Å². The SMILES string of the molecule is CC1CN(C)C(C)CC1Nc1ccc(NC(=O)CN(C)C)cc1. The molecule has 128 valence electrons. The third-order valence-electron chi connectivity index (χ3n) is 4.59. The number of benzene rings is 1. The van der Waals surface area contributed by atoms with Gasteiger partial charge in [0, 0.05) is 30.0 Å².